The van der Waals surface area contributed by atoms with Crippen molar-refractivity contribution < 1.29 is 9.84 Å². The molecule has 0 radical (unpaired) electrons. The molecule has 0 amide bonds. The Hall–Kier alpha value is -1.06. The fourth-order valence-electron chi connectivity index (χ4n) is 2.32. The number of hydrogen-bond donors (Lipinski definition) is 2. The molecular weight excluding hydrogens is 226 g/mol. The van der Waals surface area contributed by atoms with Crippen LogP contribution in [0.3, 0.4) is 0 Å². The van der Waals surface area contributed by atoms with Gasteiger partial charge in [-0.25, -0.2) is 0 Å². The van der Waals surface area contributed by atoms with Gasteiger partial charge in [0.2, 0.25) is 0 Å². The lowest BCUT2D eigenvalue weighted by molar-refractivity contribution is 0.171. The molecule has 3 nitrogen and oxygen atoms in total. The zero-order chi connectivity index (χ0) is 13.7. The van der Waals surface area contributed by atoms with E-state index in [0.717, 1.165) is 28.9 Å². The number of benzene rings is 1. The Balaban J connectivity index is 3.38. The summed E-state index contributed by atoms with van der Waals surface area (Å²) < 4.78 is 5.54. The van der Waals surface area contributed by atoms with Gasteiger partial charge in [-0.05, 0) is 30.5 Å². The molecule has 0 fully saturated rings. The summed E-state index contributed by atoms with van der Waals surface area (Å²) in [5, 5.41) is 13.4. The Morgan fingerprint density at radius 3 is 2.44 bits per heavy atom. The number of ether oxygens (including phenoxy) is 1. The van der Waals surface area contributed by atoms with Crippen molar-refractivity contribution in [3.63, 3.8) is 0 Å². The molecule has 0 saturated heterocycles. The lowest BCUT2D eigenvalue weighted by Gasteiger charge is -2.23. The second-order valence-electron chi connectivity index (χ2n) is 4.84. The molecule has 0 aromatic heterocycles. The molecule has 0 aliphatic heterocycles. The maximum atomic E-state index is 10.3. The third-order valence-electron chi connectivity index (χ3n) is 3.25. The van der Waals surface area contributed by atoms with E-state index >= 15 is 0 Å². The number of nitrogens with one attached hydrogen (secondary N) is 1. The van der Waals surface area contributed by atoms with Crippen molar-refractivity contribution in [3.05, 3.63) is 28.8 Å². The van der Waals surface area contributed by atoms with Crippen LogP contribution in [0.4, 0.5) is 0 Å². The second-order valence-corrected chi connectivity index (χ2v) is 4.84. The molecule has 18 heavy (non-hydrogen) atoms. The summed E-state index contributed by atoms with van der Waals surface area (Å²) in [5.74, 6) is 1.21. The summed E-state index contributed by atoms with van der Waals surface area (Å²) in [4.78, 5) is 0. The fourth-order valence-corrected chi connectivity index (χ4v) is 2.32. The average Bonchev–Trinajstić information content (AvgIpc) is 2.36. The van der Waals surface area contributed by atoms with Gasteiger partial charge in [-0.2, -0.15) is 0 Å². The van der Waals surface area contributed by atoms with Crippen LogP contribution in [0.2, 0.25) is 0 Å². The van der Waals surface area contributed by atoms with Crippen LogP contribution in [-0.4, -0.2) is 25.8 Å². The molecule has 0 bridgehead atoms. The van der Waals surface area contributed by atoms with E-state index in [-0.39, 0.29) is 0 Å². The van der Waals surface area contributed by atoms with Gasteiger partial charge in [0.05, 0.1) is 13.2 Å². The van der Waals surface area contributed by atoms with E-state index in [9.17, 15) is 5.11 Å². The molecule has 3 heteroatoms. The summed E-state index contributed by atoms with van der Waals surface area (Å²) >= 11 is 0. The van der Waals surface area contributed by atoms with Crippen LogP contribution in [0.15, 0.2) is 12.1 Å². The van der Waals surface area contributed by atoms with E-state index in [1.54, 1.807) is 7.11 Å². The minimum Gasteiger partial charge on any atom is -0.496 e. The van der Waals surface area contributed by atoms with Crippen LogP contribution < -0.4 is 10.1 Å². The first kappa shape index (κ1) is 15.0. The van der Waals surface area contributed by atoms with Crippen LogP contribution in [-0.2, 0) is 6.42 Å². The van der Waals surface area contributed by atoms with Crippen LogP contribution in [0.1, 0.15) is 49.5 Å². The zero-order valence-corrected chi connectivity index (χ0v) is 12.1. The number of aryl methyl sites for hydroxylation is 1. The van der Waals surface area contributed by atoms with Crippen molar-refractivity contribution in [1.29, 1.82) is 0 Å². The predicted octanol–water partition coefficient (Wildman–Crippen LogP) is 2.63. The molecular formula is C15H25NO2. The summed E-state index contributed by atoms with van der Waals surface area (Å²) in [6.45, 7) is 6.90. The minimum atomic E-state index is -0.533. The van der Waals surface area contributed by atoms with Gasteiger partial charge in [-0.3, -0.25) is 0 Å². The standard InChI is InChI=1S/C15H25NO2/c1-6-11-7-8-12(10(2)3)14(15(11)18-5)13(17)9-16-4/h7-8,10,13,16-17H,6,9H2,1-5H3. The molecule has 0 spiro atoms. The quantitative estimate of drug-likeness (QED) is 0.816. The molecule has 0 aliphatic carbocycles. The number of methoxy groups -OCH3 is 1. The average molecular weight is 251 g/mol. The summed E-state index contributed by atoms with van der Waals surface area (Å²) in [6, 6.07) is 4.21. The first-order chi connectivity index (χ1) is 8.56. The highest BCUT2D eigenvalue weighted by Crippen LogP contribution is 2.36. The molecule has 102 valence electrons. The Morgan fingerprint density at radius 2 is 2.00 bits per heavy atom. The monoisotopic (exact) mass is 251 g/mol. The van der Waals surface area contributed by atoms with E-state index in [0.29, 0.717) is 12.5 Å². The molecule has 1 unspecified atom stereocenters. The lowest BCUT2D eigenvalue weighted by Crippen LogP contribution is -2.19. The Kier molecular flexibility index (Phi) is 5.63. The number of aliphatic hydroxyl groups is 1. The van der Waals surface area contributed by atoms with Crippen molar-refractivity contribution in [2.45, 2.75) is 39.2 Å². The molecule has 2 N–H and O–H groups in total. The molecule has 1 rings (SSSR count). The molecule has 1 atom stereocenters. The molecule has 1 aromatic rings. The summed E-state index contributed by atoms with van der Waals surface area (Å²) in [5.41, 5.74) is 3.24. The number of hydrogen-bond acceptors (Lipinski definition) is 3. The van der Waals surface area contributed by atoms with E-state index in [2.05, 4.69) is 38.2 Å². The van der Waals surface area contributed by atoms with Crippen LogP contribution in [0.25, 0.3) is 0 Å². The van der Waals surface area contributed by atoms with Crippen molar-refractivity contribution in [2.75, 3.05) is 20.7 Å². The summed E-state index contributed by atoms with van der Waals surface area (Å²) in [6.07, 6.45) is 0.370. The fraction of sp³-hybridized carbons (Fsp3) is 0.600. The summed E-state index contributed by atoms with van der Waals surface area (Å²) in [7, 11) is 3.52. The first-order valence-electron chi connectivity index (χ1n) is 6.59. The number of likely N-dealkylation sites (N-methyl/N-ethyl adjacent to an activating group) is 1. The highest BCUT2D eigenvalue weighted by atomic mass is 16.5. The maximum Gasteiger partial charge on any atom is 0.128 e. The highest BCUT2D eigenvalue weighted by Gasteiger charge is 2.21. The van der Waals surface area contributed by atoms with E-state index < -0.39 is 6.10 Å². The molecule has 1 aromatic carbocycles. The molecule has 0 saturated carbocycles. The predicted molar refractivity (Wildman–Crippen MR) is 75.3 cm³/mol. The number of rotatable bonds is 6. The minimum absolute atomic E-state index is 0.367. The van der Waals surface area contributed by atoms with Gasteiger partial charge in [-0.1, -0.05) is 32.9 Å². The van der Waals surface area contributed by atoms with E-state index in [4.69, 9.17) is 4.74 Å². The van der Waals surface area contributed by atoms with Crippen LogP contribution in [0, 0.1) is 0 Å². The zero-order valence-electron chi connectivity index (χ0n) is 12.1. The second kappa shape index (κ2) is 6.76. The lowest BCUT2D eigenvalue weighted by atomic mass is 9.90. The van der Waals surface area contributed by atoms with Crippen molar-refractivity contribution in [1.82, 2.24) is 5.32 Å². The Labute approximate surface area is 110 Å². The van der Waals surface area contributed by atoms with Gasteiger partial charge in [0.25, 0.3) is 0 Å². The van der Waals surface area contributed by atoms with Crippen LogP contribution in [0.5, 0.6) is 5.75 Å². The van der Waals surface area contributed by atoms with Crippen molar-refractivity contribution >= 4 is 0 Å². The van der Waals surface area contributed by atoms with Crippen molar-refractivity contribution in [2.24, 2.45) is 0 Å². The third-order valence-corrected chi connectivity index (χ3v) is 3.25. The van der Waals surface area contributed by atoms with Gasteiger partial charge < -0.3 is 15.2 Å². The van der Waals surface area contributed by atoms with Gasteiger partial charge in [0, 0.05) is 12.1 Å². The third kappa shape index (κ3) is 3.03. The molecule has 0 aliphatic rings. The smallest absolute Gasteiger partial charge is 0.128 e. The topological polar surface area (TPSA) is 41.5 Å². The van der Waals surface area contributed by atoms with Crippen molar-refractivity contribution in [3.8, 4) is 5.75 Å². The van der Waals surface area contributed by atoms with Gasteiger partial charge in [0.15, 0.2) is 0 Å². The highest BCUT2D eigenvalue weighted by molar-refractivity contribution is 5.49. The maximum absolute atomic E-state index is 10.3. The number of aliphatic hydroxyl groups excluding tert-OH is 1. The Bertz CT molecular complexity index is 388. The largest absolute Gasteiger partial charge is 0.496 e. The SMILES string of the molecule is CCc1ccc(C(C)C)c(C(O)CNC)c1OC. The van der Waals surface area contributed by atoms with Gasteiger partial charge >= 0.3 is 0 Å². The van der Waals surface area contributed by atoms with Crippen LogP contribution >= 0.6 is 0 Å². The van der Waals surface area contributed by atoms with Gasteiger partial charge in [-0.15, -0.1) is 0 Å². The van der Waals surface area contributed by atoms with E-state index in [1.807, 2.05) is 7.05 Å². The van der Waals surface area contributed by atoms with E-state index in [1.165, 1.54) is 0 Å². The van der Waals surface area contributed by atoms with Gasteiger partial charge in [0.1, 0.15) is 5.75 Å². The normalized spacial score (nSPS) is 12.8. The Morgan fingerprint density at radius 1 is 1.33 bits per heavy atom. The molecule has 0 heterocycles. The first-order valence-corrected chi connectivity index (χ1v) is 6.59.